The van der Waals surface area contributed by atoms with E-state index in [9.17, 15) is 0 Å². The maximum absolute atomic E-state index is 5.25. The van der Waals surface area contributed by atoms with Crippen molar-refractivity contribution in [2.75, 3.05) is 13.1 Å². The molecule has 0 atom stereocenters. The minimum absolute atomic E-state index is 0.450. The Hall–Kier alpha value is -0.900. The molecule has 0 spiro atoms. The summed E-state index contributed by atoms with van der Waals surface area (Å²) in [6, 6.07) is 0. The lowest BCUT2D eigenvalue weighted by Crippen LogP contribution is -2.21. The van der Waals surface area contributed by atoms with E-state index in [1.54, 1.807) is 0 Å². The molecule has 1 aliphatic rings. The second-order valence-corrected chi connectivity index (χ2v) is 3.74. The van der Waals surface area contributed by atoms with Crippen molar-refractivity contribution in [1.29, 1.82) is 0 Å². The summed E-state index contributed by atoms with van der Waals surface area (Å²) >= 11 is 0. The van der Waals surface area contributed by atoms with Crippen LogP contribution in [0.1, 0.15) is 43.8 Å². The predicted molar refractivity (Wildman–Crippen MR) is 52.1 cm³/mol. The van der Waals surface area contributed by atoms with Crippen LogP contribution in [-0.2, 0) is 6.42 Å². The van der Waals surface area contributed by atoms with Crippen molar-refractivity contribution < 1.29 is 4.52 Å². The summed E-state index contributed by atoms with van der Waals surface area (Å²) in [4.78, 5) is 4.40. The average Bonchev–Trinajstić information content (AvgIpc) is 2.68. The zero-order valence-corrected chi connectivity index (χ0v) is 8.57. The smallest absolute Gasteiger partial charge is 0.229 e. The zero-order valence-electron chi connectivity index (χ0n) is 8.57. The van der Waals surface area contributed by atoms with Gasteiger partial charge in [0, 0.05) is 25.4 Å². The molecule has 0 amide bonds. The maximum Gasteiger partial charge on any atom is 0.229 e. The lowest BCUT2D eigenvalue weighted by atomic mass is 9.98. The van der Waals surface area contributed by atoms with Crippen molar-refractivity contribution in [2.24, 2.45) is 0 Å². The highest BCUT2D eigenvalue weighted by Crippen LogP contribution is 2.23. The highest BCUT2D eigenvalue weighted by atomic mass is 16.5. The molecule has 0 bridgehead atoms. The molecule has 0 unspecified atom stereocenters. The molecule has 1 fully saturated rings. The van der Waals surface area contributed by atoms with Crippen molar-refractivity contribution in [3.63, 3.8) is 0 Å². The minimum Gasteiger partial charge on any atom is -0.339 e. The lowest BCUT2D eigenvalue weighted by Gasteiger charge is -2.17. The van der Waals surface area contributed by atoms with E-state index in [4.69, 9.17) is 4.52 Å². The summed E-state index contributed by atoms with van der Waals surface area (Å²) in [7, 11) is 0. The van der Waals surface area contributed by atoms with Crippen LogP contribution in [0.15, 0.2) is 4.52 Å². The SMILES string of the molecule is CCCc1noc(C2CC[N]CC2)n1. The van der Waals surface area contributed by atoms with Crippen LogP contribution >= 0.6 is 0 Å². The highest BCUT2D eigenvalue weighted by Gasteiger charge is 2.21. The maximum atomic E-state index is 5.25. The van der Waals surface area contributed by atoms with Gasteiger partial charge in [-0.1, -0.05) is 12.1 Å². The van der Waals surface area contributed by atoms with Gasteiger partial charge >= 0.3 is 0 Å². The van der Waals surface area contributed by atoms with Crippen LogP contribution in [0.2, 0.25) is 0 Å². The summed E-state index contributed by atoms with van der Waals surface area (Å²) in [6.45, 7) is 4.00. The van der Waals surface area contributed by atoms with Gasteiger partial charge < -0.3 is 4.52 Å². The molecule has 0 aromatic carbocycles. The third-order valence-corrected chi connectivity index (χ3v) is 2.58. The summed E-state index contributed by atoms with van der Waals surface area (Å²) < 4.78 is 5.25. The van der Waals surface area contributed by atoms with Crippen molar-refractivity contribution in [2.45, 2.75) is 38.5 Å². The van der Waals surface area contributed by atoms with Gasteiger partial charge in [-0.2, -0.15) is 4.98 Å². The molecule has 0 saturated carbocycles. The normalized spacial score (nSPS) is 18.6. The molecule has 77 valence electrons. The Kier molecular flexibility index (Phi) is 3.14. The molecule has 14 heavy (non-hydrogen) atoms. The van der Waals surface area contributed by atoms with Crippen molar-refractivity contribution in [3.8, 4) is 0 Å². The molecule has 1 saturated heterocycles. The molecular weight excluding hydrogens is 178 g/mol. The van der Waals surface area contributed by atoms with Crippen molar-refractivity contribution in [3.05, 3.63) is 11.7 Å². The summed E-state index contributed by atoms with van der Waals surface area (Å²) in [5.74, 6) is 2.12. The van der Waals surface area contributed by atoms with E-state index in [1.165, 1.54) is 0 Å². The summed E-state index contributed by atoms with van der Waals surface area (Å²) in [5.41, 5.74) is 0. The lowest BCUT2D eigenvalue weighted by molar-refractivity contribution is 0.316. The highest BCUT2D eigenvalue weighted by molar-refractivity contribution is 4.96. The van der Waals surface area contributed by atoms with E-state index in [0.29, 0.717) is 5.92 Å². The van der Waals surface area contributed by atoms with E-state index in [0.717, 1.165) is 50.5 Å². The number of rotatable bonds is 3. The molecular formula is C10H16N3O. The van der Waals surface area contributed by atoms with Crippen LogP contribution in [0.4, 0.5) is 0 Å². The fourth-order valence-electron chi connectivity index (χ4n) is 1.76. The molecule has 1 aromatic rings. The first kappa shape index (κ1) is 9.65. The van der Waals surface area contributed by atoms with E-state index < -0.39 is 0 Å². The molecule has 4 heteroatoms. The Balaban J connectivity index is 2.00. The molecule has 4 nitrogen and oxygen atoms in total. The molecule has 0 N–H and O–H groups in total. The van der Waals surface area contributed by atoms with Gasteiger partial charge in [0.05, 0.1) is 0 Å². The Morgan fingerprint density at radius 2 is 2.14 bits per heavy atom. The van der Waals surface area contributed by atoms with Gasteiger partial charge in [-0.05, 0) is 19.3 Å². The van der Waals surface area contributed by atoms with Gasteiger partial charge in [-0.3, -0.25) is 0 Å². The number of nitrogens with zero attached hydrogens (tertiary/aromatic N) is 3. The molecule has 1 aliphatic heterocycles. The van der Waals surface area contributed by atoms with E-state index in [2.05, 4.69) is 22.4 Å². The van der Waals surface area contributed by atoms with Crippen LogP contribution in [-0.4, -0.2) is 23.2 Å². The van der Waals surface area contributed by atoms with E-state index >= 15 is 0 Å². The molecule has 2 rings (SSSR count). The fraction of sp³-hybridized carbons (Fsp3) is 0.800. The number of hydrogen-bond donors (Lipinski definition) is 0. The molecule has 0 aliphatic carbocycles. The first-order valence-electron chi connectivity index (χ1n) is 5.36. The number of aryl methyl sites for hydroxylation is 1. The predicted octanol–water partition coefficient (Wildman–Crippen LogP) is 1.50. The van der Waals surface area contributed by atoms with Gasteiger partial charge in [0.2, 0.25) is 5.89 Å². The van der Waals surface area contributed by atoms with E-state index in [1.807, 2.05) is 0 Å². The Bertz CT molecular complexity index is 279. The topological polar surface area (TPSA) is 53.0 Å². The third kappa shape index (κ3) is 2.12. The standard InChI is InChI=1S/C10H16N3O/c1-2-3-9-12-10(14-13-9)8-4-6-11-7-5-8/h8H,2-7H2,1H3. The monoisotopic (exact) mass is 194 g/mol. The van der Waals surface area contributed by atoms with Crippen LogP contribution in [0.5, 0.6) is 0 Å². The number of piperidine rings is 1. The Morgan fingerprint density at radius 3 is 2.86 bits per heavy atom. The van der Waals surface area contributed by atoms with Crippen LogP contribution in [0, 0.1) is 0 Å². The second kappa shape index (κ2) is 4.55. The van der Waals surface area contributed by atoms with Gasteiger partial charge in [0.15, 0.2) is 5.82 Å². The van der Waals surface area contributed by atoms with Crippen LogP contribution in [0.3, 0.4) is 0 Å². The quantitative estimate of drug-likeness (QED) is 0.732. The Morgan fingerprint density at radius 1 is 1.36 bits per heavy atom. The third-order valence-electron chi connectivity index (χ3n) is 2.58. The first-order valence-corrected chi connectivity index (χ1v) is 5.36. The zero-order chi connectivity index (χ0) is 9.80. The number of aromatic nitrogens is 2. The summed E-state index contributed by atoms with van der Waals surface area (Å²) in [6.07, 6.45) is 4.11. The largest absolute Gasteiger partial charge is 0.339 e. The molecule has 1 aromatic heterocycles. The Labute approximate surface area is 84.1 Å². The minimum atomic E-state index is 0.450. The van der Waals surface area contributed by atoms with Crippen LogP contribution < -0.4 is 5.32 Å². The van der Waals surface area contributed by atoms with Crippen molar-refractivity contribution in [1.82, 2.24) is 15.5 Å². The van der Waals surface area contributed by atoms with Gasteiger partial charge in [0.25, 0.3) is 0 Å². The second-order valence-electron chi connectivity index (χ2n) is 3.74. The van der Waals surface area contributed by atoms with Gasteiger partial charge in [0.1, 0.15) is 0 Å². The van der Waals surface area contributed by atoms with Gasteiger partial charge in [-0.25, -0.2) is 5.32 Å². The molecule has 2 heterocycles. The van der Waals surface area contributed by atoms with E-state index in [-0.39, 0.29) is 0 Å². The average molecular weight is 194 g/mol. The van der Waals surface area contributed by atoms with Crippen LogP contribution in [0.25, 0.3) is 0 Å². The fourth-order valence-corrected chi connectivity index (χ4v) is 1.76. The number of hydrogen-bond acceptors (Lipinski definition) is 3. The van der Waals surface area contributed by atoms with Crippen molar-refractivity contribution >= 4 is 0 Å². The summed E-state index contributed by atoms with van der Waals surface area (Å²) in [5, 5.41) is 8.27. The first-order chi connectivity index (χ1) is 6.90. The van der Waals surface area contributed by atoms with Gasteiger partial charge in [-0.15, -0.1) is 0 Å². The molecule has 1 radical (unpaired) electrons.